The number of ether oxygens (including phenoxy) is 1. The monoisotopic (exact) mass is 430 g/mol. The van der Waals surface area contributed by atoms with Crippen LogP contribution in [0.1, 0.15) is 46.2 Å². The van der Waals surface area contributed by atoms with Crippen LogP contribution in [0.4, 0.5) is 0 Å². The number of benzene rings is 2. The zero-order valence-corrected chi connectivity index (χ0v) is 17.9. The Morgan fingerprint density at radius 3 is 2.72 bits per heavy atom. The Morgan fingerprint density at radius 1 is 1.21 bits per heavy atom. The zero-order chi connectivity index (χ0) is 20.6. The van der Waals surface area contributed by atoms with Crippen molar-refractivity contribution in [2.45, 2.75) is 37.1 Å². The fourth-order valence-corrected chi connectivity index (χ4v) is 6.83. The van der Waals surface area contributed by atoms with Crippen LogP contribution < -0.4 is 0 Å². The van der Waals surface area contributed by atoms with Gasteiger partial charge in [0.05, 0.1) is 33.8 Å². The van der Waals surface area contributed by atoms with Crippen molar-refractivity contribution in [1.82, 2.24) is 9.29 Å². The van der Waals surface area contributed by atoms with E-state index in [0.29, 0.717) is 17.7 Å². The first-order valence-electron chi connectivity index (χ1n) is 9.48. The lowest BCUT2D eigenvalue weighted by Crippen LogP contribution is -2.38. The molecule has 1 aliphatic heterocycles. The molecule has 0 amide bonds. The molecule has 29 heavy (non-hydrogen) atoms. The SMILES string of the molecule is COC(=O)c1ccc(S(=O)(=O)N2CCCCC2c2nc3ccccc3s2)c(C)c1. The molecule has 1 fully saturated rings. The Morgan fingerprint density at radius 2 is 2.00 bits per heavy atom. The number of aromatic nitrogens is 1. The lowest BCUT2D eigenvalue weighted by atomic mass is 10.1. The highest BCUT2D eigenvalue weighted by atomic mass is 32.2. The van der Waals surface area contributed by atoms with E-state index in [4.69, 9.17) is 9.72 Å². The Labute approximate surface area is 174 Å². The molecule has 1 aliphatic rings. The van der Waals surface area contributed by atoms with E-state index >= 15 is 0 Å². The second-order valence-corrected chi connectivity index (χ2v) is 10.0. The molecule has 1 atom stereocenters. The summed E-state index contributed by atoms with van der Waals surface area (Å²) < 4.78 is 34.5. The van der Waals surface area contributed by atoms with Gasteiger partial charge in [0, 0.05) is 6.54 Å². The van der Waals surface area contributed by atoms with Crippen LogP contribution in [0.3, 0.4) is 0 Å². The van der Waals surface area contributed by atoms with Crippen LogP contribution in [0.15, 0.2) is 47.4 Å². The smallest absolute Gasteiger partial charge is 0.337 e. The third-order valence-corrected chi connectivity index (χ3v) is 8.44. The molecule has 2 heterocycles. The summed E-state index contributed by atoms with van der Waals surface area (Å²) in [6.07, 6.45) is 2.53. The normalized spacial score (nSPS) is 18.1. The van der Waals surface area contributed by atoms with Gasteiger partial charge in [0.25, 0.3) is 0 Å². The molecule has 0 bridgehead atoms. The number of carbonyl (C=O) groups is 1. The molecule has 0 radical (unpaired) electrons. The molecule has 0 saturated carbocycles. The van der Waals surface area contributed by atoms with E-state index in [1.54, 1.807) is 28.6 Å². The molecular weight excluding hydrogens is 408 g/mol. The van der Waals surface area contributed by atoms with Crippen LogP contribution in [0.2, 0.25) is 0 Å². The summed E-state index contributed by atoms with van der Waals surface area (Å²) in [5.41, 5.74) is 1.76. The van der Waals surface area contributed by atoms with Crippen molar-refractivity contribution in [1.29, 1.82) is 0 Å². The second kappa shape index (κ2) is 7.85. The molecule has 0 spiro atoms. The summed E-state index contributed by atoms with van der Waals surface area (Å²) in [4.78, 5) is 16.7. The number of carbonyl (C=O) groups excluding carboxylic acids is 1. The van der Waals surface area contributed by atoms with Gasteiger partial charge in [0.15, 0.2) is 0 Å². The van der Waals surface area contributed by atoms with Crippen LogP contribution in [0, 0.1) is 6.92 Å². The lowest BCUT2D eigenvalue weighted by Gasteiger charge is -2.33. The summed E-state index contributed by atoms with van der Waals surface area (Å²) in [5.74, 6) is -0.484. The molecule has 8 heteroatoms. The molecule has 2 aromatic carbocycles. The number of para-hydroxylation sites is 1. The van der Waals surface area contributed by atoms with E-state index in [2.05, 4.69) is 0 Å². The van der Waals surface area contributed by atoms with E-state index < -0.39 is 16.0 Å². The average Bonchev–Trinajstić information content (AvgIpc) is 3.17. The van der Waals surface area contributed by atoms with Crippen molar-refractivity contribution in [3.63, 3.8) is 0 Å². The van der Waals surface area contributed by atoms with Gasteiger partial charge in [-0.1, -0.05) is 18.6 Å². The van der Waals surface area contributed by atoms with Crippen LogP contribution in [-0.4, -0.2) is 37.3 Å². The zero-order valence-electron chi connectivity index (χ0n) is 16.3. The van der Waals surface area contributed by atoms with Crippen molar-refractivity contribution >= 4 is 37.5 Å². The third-order valence-electron chi connectivity index (χ3n) is 5.23. The second-order valence-electron chi connectivity index (χ2n) is 7.12. The summed E-state index contributed by atoms with van der Waals surface area (Å²) in [6, 6.07) is 12.2. The van der Waals surface area contributed by atoms with E-state index in [-0.39, 0.29) is 10.9 Å². The van der Waals surface area contributed by atoms with Crippen LogP contribution in [0.5, 0.6) is 0 Å². The molecular formula is C21H22N2O4S2. The van der Waals surface area contributed by atoms with Gasteiger partial charge in [-0.2, -0.15) is 4.31 Å². The standard InChI is InChI=1S/C21H22N2O4S2/c1-14-13-15(21(24)27-2)10-11-19(14)29(25,26)23-12-6-5-8-17(23)20-22-16-7-3-4-9-18(16)28-20/h3-4,7,9-11,13,17H,5-6,8,12H2,1-2H3. The summed E-state index contributed by atoms with van der Waals surface area (Å²) in [5, 5.41) is 0.832. The van der Waals surface area contributed by atoms with E-state index in [1.807, 2.05) is 24.3 Å². The topological polar surface area (TPSA) is 76.6 Å². The van der Waals surface area contributed by atoms with Crippen LogP contribution >= 0.6 is 11.3 Å². The van der Waals surface area contributed by atoms with Crippen molar-refractivity contribution in [2.24, 2.45) is 0 Å². The quantitative estimate of drug-likeness (QED) is 0.577. The van der Waals surface area contributed by atoms with E-state index in [1.165, 1.54) is 19.2 Å². The highest BCUT2D eigenvalue weighted by molar-refractivity contribution is 7.89. The first-order valence-corrected chi connectivity index (χ1v) is 11.7. The van der Waals surface area contributed by atoms with Crippen LogP contribution in [0.25, 0.3) is 10.2 Å². The van der Waals surface area contributed by atoms with Gasteiger partial charge >= 0.3 is 5.97 Å². The Bertz CT molecular complexity index is 1140. The Hall–Kier alpha value is -2.29. The van der Waals surface area contributed by atoms with Gasteiger partial charge in [0.2, 0.25) is 10.0 Å². The fourth-order valence-electron chi connectivity index (χ4n) is 3.78. The number of sulfonamides is 1. The number of methoxy groups -OCH3 is 1. The average molecular weight is 431 g/mol. The molecule has 1 unspecified atom stereocenters. The maximum atomic E-state index is 13.5. The Kier molecular flexibility index (Phi) is 5.42. The number of hydrogen-bond donors (Lipinski definition) is 0. The highest BCUT2D eigenvalue weighted by Crippen LogP contribution is 2.39. The lowest BCUT2D eigenvalue weighted by molar-refractivity contribution is 0.0600. The molecule has 152 valence electrons. The van der Waals surface area contributed by atoms with E-state index in [9.17, 15) is 13.2 Å². The molecule has 1 aromatic heterocycles. The van der Waals surface area contributed by atoms with Crippen molar-refractivity contribution in [3.8, 4) is 0 Å². The number of thiazole rings is 1. The molecule has 4 rings (SSSR count). The number of nitrogens with zero attached hydrogens (tertiary/aromatic N) is 2. The summed E-state index contributed by atoms with van der Waals surface area (Å²) in [6.45, 7) is 2.16. The predicted octanol–water partition coefficient (Wildman–Crippen LogP) is 4.31. The van der Waals surface area contributed by atoms with Gasteiger partial charge in [-0.05, 0) is 55.7 Å². The van der Waals surface area contributed by atoms with Gasteiger partial charge < -0.3 is 4.74 Å². The predicted molar refractivity (Wildman–Crippen MR) is 113 cm³/mol. The van der Waals surface area contributed by atoms with Gasteiger partial charge in [0.1, 0.15) is 5.01 Å². The molecule has 0 aliphatic carbocycles. The largest absolute Gasteiger partial charge is 0.465 e. The number of piperidine rings is 1. The molecule has 1 saturated heterocycles. The summed E-state index contributed by atoms with van der Waals surface area (Å²) >= 11 is 1.55. The molecule has 0 N–H and O–H groups in total. The minimum absolute atomic E-state index is 0.221. The number of aryl methyl sites for hydroxylation is 1. The summed E-state index contributed by atoms with van der Waals surface area (Å²) in [7, 11) is -2.42. The number of hydrogen-bond acceptors (Lipinski definition) is 6. The number of esters is 1. The maximum absolute atomic E-state index is 13.5. The number of rotatable bonds is 4. The first kappa shape index (κ1) is 20.0. The fraction of sp³-hybridized carbons (Fsp3) is 0.333. The van der Waals surface area contributed by atoms with Crippen molar-refractivity contribution < 1.29 is 17.9 Å². The highest BCUT2D eigenvalue weighted by Gasteiger charge is 2.37. The maximum Gasteiger partial charge on any atom is 0.337 e. The first-order chi connectivity index (χ1) is 13.9. The molecule has 3 aromatic rings. The third kappa shape index (κ3) is 3.68. The van der Waals surface area contributed by atoms with Gasteiger partial charge in [-0.3, -0.25) is 0 Å². The number of fused-ring (bicyclic) bond motifs is 1. The van der Waals surface area contributed by atoms with E-state index in [0.717, 1.165) is 34.5 Å². The van der Waals surface area contributed by atoms with Crippen molar-refractivity contribution in [3.05, 3.63) is 58.6 Å². The van der Waals surface area contributed by atoms with Crippen molar-refractivity contribution in [2.75, 3.05) is 13.7 Å². The molecule has 6 nitrogen and oxygen atoms in total. The van der Waals surface area contributed by atoms with Gasteiger partial charge in [-0.15, -0.1) is 11.3 Å². The van der Waals surface area contributed by atoms with Crippen LogP contribution in [-0.2, 0) is 14.8 Å². The van der Waals surface area contributed by atoms with Gasteiger partial charge in [-0.25, -0.2) is 18.2 Å². The Balaban J connectivity index is 1.73. The minimum atomic E-state index is -3.73. The minimum Gasteiger partial charge on any atom is -0.465 e.